The summed E-state index contributed by atoms with van der Waals surface area (Å²) in [4.78, 5) is 12.7. The summed E-state index contributed by atoms with van der Waals surface area (Å²) in [5, 5.41) is 2.57. The summed E-state index contributed by atoms with van der Waals surface area (Å²) in [5.74, 6) is -0.506. The van der Waals surface area contributed by atoms with Crippen molar-refractivity contribution in [3.63, 3.8) is 0 Å². The normalized spacial score (nSPS) is 23.9. The molecule has 1 saturated carbocycles. The lowest BCUT2D eigenvalue weighted by molar-refractivity contribution is -0.166. The molecule has 0 heterocycles. The number of ether oxygens (including phenoxy) is 3. The van der Waals surface area contributed by atoms with Crippen LogP contribution < -0.4 is 20.5 Å². The Morgan fingerprint density at radius 1 is 1.32 bits per heavy atom. The van der Waals surface area contributed by atoms with Crippen molar-refractivity contribution < 1.29 is 23.4 Å². The summed E-state index contributed by atoms with van der Waals surface area (Å²) in [5.41, 5.74) is 4.61. The van der Waals surface area contributed by atoms with Crippen LogP contribution in [0.15, 0.2) is 12.1 Å². The van der Waals surface area contributed by atoms with Gasteiger partial charge in [-0.2, -0.15) is 0 Å². The molecule has 8 heteroatoms. The van der Waals surface area contributed by atoms with E-state index in [0.29, 0.717) is 18.8 Å². The molecule has 0 aromatic heterocycles. The Hall–Kier alpha value is -1.57. The number of anilines is 1. The van der Waals surface area contributed by atoms with Gasteiger partial charge in [0.05, 0.1) is 26.0 Å². The predicted molar refractivity (Wildman–Crippen MR) is 96.1 cm³/mol. The lowest BCUT2D eigenvalue weighted by Crippen LogP contribution is -2.74. The highest BCUT2D eigenvalue weighted by atomic mass is 35.5. The molecular formula is C17H26ClFN2O4. The summed E-state index contributed by atoms with van der Waals surface area (Å²) >= 11 is 0. The summed E-state index contributed by atoms with van der Waals surface area (Å²) in [6.45, 7) is 6.20. The van der Waals surface area contributed by atoms with Crippen LogP contribution in [-0.4, -0.2) is 38.4 Å². The number of hydrogen-bond acceptors (Lipinski definition) is 5. The van der Waals surface area contributed by atoms with Crippen molar-refractivity contribution in [1.82, 2.24) is 0 Å². The average molecular weight is 377 g/mol. The van der Waals surface area contributed by atoms with E-state index in [1.807, 2.05) is 20.8 Å². The van der Waals surface area contributed by atoms with E-state index >= 15 is 0 Å². The Balaban J connectivity index is 0.00000312. The minimum Gasteiger partial charge on any atom is -0.493 e. The van der Waals surface area contributed by atoms with E-state index < -0.39 is 22.7 Å². The van der Waals surface area contributed by atoms with Crippen molar-refractivity contribution in [1.29, 1.82) is 0 Å². The maximum atomic E-state index is 14.2. The van der Waals surface area contributed by atoms with Gasteiger partial charge in [0.2, 0.25) is 5.91 Å². The maximum absolute atomic E-state index is 14.2. The summed E-state index contributed by atoms with van der Waals surface area (Å²) < 4.78 is 30.0. The van der Waals surface area contributed by atoms with Crippen molar-refractivity contribution in [2.45, 2.75) is 38.8 Å². The van der Waals surface area contributed by atoms with Crippen LogP contribution in [0.3, 0.4) is 0 Å². The number of nitrogens with one attached hydrogen (secondary N) is 1. The third-order valence-corrected chi connectivity index (χ3v) is 4.96. The smallest absolute Gasteiger partial charge is 0.245 e. The quantitative estimate of drug-likeness (QED) is 0.797. The molecule has 1 aromatic carbocycles. The molecule has 25 heavy (non-hydrogen) atoms. The van der Waals surface area contributed by atoms with E-state index in [0.717, 1.165) is 6.07 Å². The minimum absolute atomic E-state index is 0. The predicted octanol–water partition coefficient (Wildman–Crippen LogP) is 2.74. The number of amides is 1. The van der Waals surface area contributed by atoms with Crippen molar-refractivity contribution in [3.8, 4) is 11.5 Å². The zero-order chi connectivity index (χ0) is 18.1. The fourth-order valence-corrected chi connectivity index (χ4v) is 3.00. The van der Waals surface area contributed by atoms with Crippen molar-refractivity contribution in [3.05, 3.63) is 17.9 Å². The first-order valence-electron chi connectivity index (χ1n) is 7.84. The molecule has 0 aliphatic heterocycles. The molecule has 1 aliphatic carbocycles. The Morgan fingerprint density at radius 2 is 1.88 bits per heavy atom. The molecule has 6 nitrogen and oxygen atoms in total. The highest BCUT2D eigenvalue weighted by Gasteiger charge is 2.62. The number of hydrogen-bond donors (Lipinski definition) is 2. The van der Waals surface area contributed by atoms with E-state index in [1.54, 1.807) is 0 Å². The van der Waals surface area contributed by atoms with Gasteiger partial charge in [-0.25, -0.2) is 4.39 Å². The third-order valence-electron chi connectivity index (χ3n) is 4.96. The molecule has 1 aliphatic rings. The third kappa shape index (κ3) is 3.54. The molecule has 142 valence electrons. The number of rotatable bonds is 6. The van der Waals surface area contributed by atoms with Crippen LogP contribution in [0.25, 0.3) is 0 Å². The zero-order valence-electron chi connectivity index (χ0n) is 15.1. The molecule has 3 N–H and O–H groups in total. The van der Waals surface area contributed by atoms with Crippen molar-refractivity contribution >= 4 is 24.0 Å². The second kappa shape index (κ2) is 7.76. The van der Waals surface area contributed by atoms with Crippen LogP contribution >= 0.6 is 12.4 Å². The van der Waals surface area contributed by atoms with Crippen LogP contribution in [0.4, 0.5) is 10.1 Å². The lowest BCUT2D eigenvalue weighted by atomic mass is 9.54. The molecule has 0 saturated heterocycles. The monoisotopic (exact) mass is 376 g/mol. The highest BCUT2D eigenvalue weighted by molar-refractivity contribution is 6.00. The van der Waals surface area contributed by atoms with Crippen LogP contribution in [0.1, 0.15) is 27.2 Å². The highest BCUT2D eigenvalue weighted by Crippen LogP contribution is 2.50. The molecule has 0 bridgehead atoms. The van der Waals surface area contributed by atoms with Crippen molar-refractivity contribution in [2.24, 2.45) is 11.1 Å². The topological polar surface area (TPSA) is 82.8 Å². The maximum Gasteiger partial charge on any atom is 0.245 e. The SMILES string of the molecule is CCOC1CC(N)(C(=O)Nc2cc(OC)c(OC)cc2F)C1(C)C.Cl. The van der Waals surface area contributed by atoms with E-state index in [2.05, 4.69) is 5.32 Å². The molecule has 1 aromatic rings. The Bertz CT molecular complexity index is 641. The van der Waals surface area contributed by atoms with Gasteiger partial charge in [0.1, 0.15) is 5.54 Å². The molecule has 1 amide bonds. The number of halogens is 2. The number of benzene rings is 1. The summed E-state index contributed by atoms with van der Waals surface area (Å²) in [6.07, 6.45) is 0.280. The second-order valence-electron chi connectivity index (χ2n) is 6.48. The Kier molecular flexibility index (Phi) is 6.67. The number of carbonyl (C=O) groups is 1. The fourth-order valence-electron chi connectivity index (χ4n) is 3.00. The van der Waals surface area contributed by atoms with Gasteiger partial charge in [0, 0.05) is 30.6 Å². The van der Waals surface area contributed by atoms with Gasteiger partial charge in [-0.05, 0) is 6.92 Å². The van der Waals surface area contributed by atoms with Gasteiger partial charge in [-0.3, -0.25) is 4.79 Å². The largest absolute Gasteiger partial charge is 0.493 e. The van der Waals surface area contributed by atoms with Gasteiger partial charge in [0.25, 0.3) is 0 Å². The van der Waals surface area contributed by atoms with Crippen LogP contribution in [0.2, 0.25) is 0 Å². The van der Waals surface area contributed by atoms with Gasteiger partial charge in [-0.1, -0.05) is 13.8 Å². The van der Waals surface area contributed by atoms with E-state index in [1.165, 1.54) is 20.3 Å². The molecule has 2 atom stereocenters. The Labute approximate surface area is 153 Å². The number of nitrogens with two attached hydrogens (primary N) is 1. The standard InChI is InChI=1S/C17H25FN2O4.ClH/c1-6-24-14-9-17(19,16(14,2)3)15(21)20-11-8-13(23-5)12(22-4)7-10(11)18;/h7-8,14H,6,9,19H2,1-5H3,(H,20,21);1H. The first-order chi connectivity index (χ1) is 11.2. The second-order valence-corrected chi connectivity index (χ2v) is 6.48. The van der Waals surface area contributed by atoms with Gasteiger partial charge >= 0.3 is 0 Å². The molecule has 2 unspecified atom stereocenters. The van der Waals surface area contributed by atoms with Crippen molar-refractivity contribution in [2.75, 3.05) is 26.1 Å². The molecular weight excluding hydrogens is 351 g/mol. The van der Waals surface area contributed by atoms with E-state index in [9.17, 15) is 9.18 Å². The van der Waals surface area contributed by atoms with Crippen LogP contribution in [0, 0.1) is 11.2 Å². The number of carbonyl (C=O) groups excluding carboxylic acids is 1. The summed E-state index contributed by atoms with van der Waals surface area (Å²) in [6, 6.07) is 2.54. The minimum atomic E-state index is -1.13. The first-order valence-corrected chi connectivity index (χ1v) is 7.84. The number of methoxy groups -OCH3 is 2. The van der Waals surface area contributed by atoms with Gasteiger partial charge in [0.15, 0.2) is 17.3 Å². The van der Waals surface area contributed by atoms with E-state index in [-0.39, 0.29) is 29.9 Å². The molecule has 1 fully saturated rings. The summed E-state index contributed by atoms with van der Waals surface area (Å²) in [7, 11) is 2.85. The van der Waals surface area contributed by atoms with Gasteiger partial charge in [-0.15, -0.1) is 12.4 Å². The van der Waals surface area contributed by atoms with Crippen LogP contribution in [0.5, 0.6) is 11.5 Å². The van der Waals surface area contributed by atoms with E-state index in [4.69, 9.17) is 19.9 Å². The first kappa shape index (κ1) is 21.5. The average Bonchev–Trinajstić information content (AvgIpc) is 2.55. The fraction of sp³-hybridized carbons (Fsp3) is 0.588. The lowest BCUT2D eigenvalue weighted by Gasteiger charge is -2.57. The van der Waals surface area contributed by atoms with Crippen LogP contribution in [-0.2, 0) is 9.53 Å². The van der Waals surface area contributed by atoms with Gasteiger partial charge < -0.3 is 25.3 Å². The molecule has 2 rings (SSSR count). The molecule has 0 radical (unpaired) electrons. The molecule has 0 spiro atoms. The Morgan fingerprint density at radius 3 is 2.36 bits per heavy atom. The zero-order valence-corrected chi connectivity index (χ0v) is 16.0.